The highest BCUT2D eigenvalue weighted by Crippen LogP contribution is 2.48. The number of ether oxygens (including phenoxy) is 1. The maximum atomic E-state index is 12.8. The van der Waals surface area contributed by atoms with Crippen LogP contribution in [0, 0.1) is 5.92 Å². The first-order valence-corrected chi connectivity index (χ1v) is 11.3. The molecule has 2 aliphatic heterocycles. The SMILES string of the molecule is Cn1ccnc1C(=O)N1CCC(N2CC(OCC3CC3)C23CCCCC3)CC1. The smallest absolute Gasteiger partial charge is 0.289 e. The Bertz CT molecular complexity index is 699. The first kappa shape index (κ1) is 18.6. The number of hydrogen-bond acceptors (Lipinski definition) is 4. The van der Waals surface area contributed by atoms with E-state index >= 15 is 0 Å². The van der Waals surface area contributed by atoms with Crippen molar-refractivity contribution in [2.24, 2.45) is 13.0 Å². The van der Waals surface area contributed by atoms with Gasteiger partial charge in [-0.1, -0.05) is 19.3 Å². The summed E-state index contributed by atoms with van der Waals surface area (Å²) in [6, 6.07) is 0.601. The van der Waals surface area contributed by atoms with Crippen LogP contribution in [0.15, 0.2) is 12.4 Å². The fraction of sp³-hybridized carbons (Fsp3) is 0.818. The van der Waals surface area contributed by atoms with E-state index in [1.807, 2.05) is 22.7 Å². The van der Waals surface area contributed by atoms with Gasteiger partial charge in [0.25, 0.3) is 5.91 Å². The first-order chi connectivity index (χ1) is 13.7. The number of carbonyl (C=O) groups is 1. The Balaban J connectivity index is 1.20. The molecule has 2 aliphatic carbocycles. The summed E-state index contributed by atoms with van der Waals surface area (Å²) >= 11 is 0. The second-order valence-corrected chi connectivity index (χ2v) is 9.47. The van der Waals surface area contributed by atoms with Gasteiger partial charge < -0.3 is 14.2 Å². The number of imidazole rings is 1. The fourth-order valence-electron chi connectivity index (χ4n) is 5.73. The van der Waals surface area contributed by atoms with Crippen molar-refractivity contribution >= 4 is 5.91 Å². The van der Waals surface area contributed by atoms with Crippen LogP contribution in [0.4, 0.5) is 0 Å². The molecule has 1 aromatic rings. The molecule has 6 nitrogen and oxygen atoms in total. The van der Waals surface area contributed by atoms with Gasteiger partial charge in [0.05, 0.1) is 6.10 Å². The van der Waals surface area contributed by atoms with E-state index in [0.29, 0.717) is 23.5 Å². The molecule has 5 rings (SSSR count). The van der Waals surface area contributed by atoms with E-state index in [4.69, 9.17) is 4.74 Å². The third-order valence-corrected chi connectivity index (χ3v) is 7.69. The van der Waals surface area contributed by atoms with Crippen LogP contribution in [0.1, 0.15) is 68.4 Å². The Morgan fingerprint density at radius 2 is 1.93 bits per heavy atom. The predicted molar refractivity (Wildman–Crippen MR) is 107 cm³/mol. The molecule has 0 bridgehead atoms. The summed E-state index contributed by atoms with van der Waals surface area (Å²) in [4.78, 5) is 21.8. The predicted octanol–water partition coefficient (Wildman–Crippen LogP) is 2.84. The zero-order valence-electron chi connectivity index (χ0n) is 17.2. The maximum absolute atomic E-state index is 12.8. The van der Waals surface area contributed by atoms with Crippen LogP contribution in [0.3, 0.4) is 0 Å². The van der Waals surface area contributed by atoms with E-state index in [1.165, 1.54) is 44.9 Å². The number of rotatable bonds is 5. The van der Waals surface area contributed by atoms with Gasteiger partial charge in [-0.2, -0.15) is 0 Å². The molecular weight excluding hydrogens is 352 g/mol. The Morgan fingerprint density at radius 3 is 2.57 bits per heavy atom. The molecule has 6 heteroatoms. The van der Waals surface area contributed by atoms with Crippen LogP contribution in [-0.4, -0.2) is 69.2 Å². The van der Waals surface area contributed by atoms with E-state index in [1.54, 1.807) is 6.20 Å². The molecule has 1 spiro atoms. The molecule has 1 unspecified atom stereocenters. The van der Waals surface area contributed by atoms with Crippen molar-refractivity contribution in [2.75, 3.05) is 26.2 Å². The van der Waals surface area contributed by atoms with Crippen molar-refractivity contribution in [1.29, 1.82) is 0 Å². The number of hydrogen-bond donors (Lipinski definition) is 0. The standard InChI is InChI=1S/C22H34N4O2/c1-24-14-11-23-20(24)21(27)25-12-7-18(8-13-25)26-15-19(28-16-17-5-6-17)22(26)9-3-2-4-10-22/h11,14,17-19H,2-10,12-13,15-16H2,1H3. The summed E-state index contributed by atoms with van der Waals surface area (Å²) in [5, 5.41) is 0. The number of nitrogens with zero attached hydrogens (tertiary/aromatic N) is 4. The van der Waals surface area contributed by atoms with Gasteiger partial charge in [0.15, 0.2) is 5.82 Å². The summed E-state index contributed by atoms with van der Waals surface area (Å²) in [5.41, 5.74) is 0.295. The second-order valence-electron chi connectivity index (χ2n) is 9.47. The van der Waals surface area contributed by atoms with E-state index in [2.05, 4.69) is 9.88 Å². The van der Waals surface area contributed by atoms with E-state index < -0.39 is 0 Å². The molecule has 154 valence electrons. The molecule has 1 aromatic heterocycles. The molecule has 28 heavy (non-hydrogen) atoms. The van der Waals surface area contributed by atoms with E-state index in [0.717, 1.165) is 45.0 Å². The molecule has 0 radical (unpaired) electrons. The van der Waals surface area contributed by atoms with Gasteiger partial charge in [0.1, 0.15) is 0 Å². The monoisotopic (exact) mass is 386 g/mol. The van der Waals surface area contributed by atoms with Gasteiger partial charge in [-0.25, -0.2) is 4.98 Å². The minimum Gasteiger partial charge on any atom is -0.375 e. The zero-order valence-corrected chi connectivity index (χ0v) is 17.2. The normalized spacial score (nSPS) is 28.5. The number of aromatic nitrogens is 2. The Morgan fingerprint density at radius 1 is 1.18 bits per heavy atom. The van der Waals surface area contributed by atoms with Crippen LogP contribution in [-0.2, 0) is 11.8 Å². The molecule has 1 atom stereocenters. The van der Waals surface area contributed by atoms with Crippen LogP contribution < -0.4 is 0 Å². The molecular formula is C22H34N4O2. The summed E-state index contributed by atoms with van der Waals surface area (Å²) in [6.07, 6.45) is 15.5. The average molecular weight is 387 g/mol. The number of likely N-dealkylation sites (tertiary alicyclic amines) is 2. The average Bonchev–Trinajstić information content (AvgIpc) is 3.46. The molecule has 4 aliphatic rings. The third kappa shape index (κ3) is 3.28. The summed E-state index contributed by atoms with van der Waals surface area (Å²) in [5.74, 6) is 1.47. The molecule has 2 saturated heterocycles. The quantitative estimate of drug-likeness (QED) is 0.781. The van der Waals surface area contributed by atoms with Crippen molar-refractivity contribution in [3.05, 3.63) is 18.2 Å². The number of piperidine rings is 1. The Labute approximate surface area is 168 Å². The van der Waals surface area contributed by atoms with Crippen molar-refractivity contribution in [3.63, 3.8) is 0 Å². The summed E-state index contributed by atoms with van der Waals surface area (Å²) in [6.45, 7) is 3.77. The third-order valence-electron chi connectivity index (χ3n) is 7.69. The minimum atomic E-state index is 0.0765. The van der Waals surface area contributed by atoms with Crippen molar-refractivity contribution in [3.8, 4) is 0 Å². The highest BCUT2D eigenvalue weighted by atomic mass is 16.5. The van der Waals surface area contributed by atoms with E-state index in [9.17, 15) is 4.79 Å². The topological polar surface area (TPSA) is 50.6 Å². The number of aryl methyl sites for hydroxylation is 1. The maximum Gasteiger partial charge on any atom is 0.289 e. The lowest BCUT2D eigenvalue weighted by molar-refractivity contribution is -0.202. The molecule has 4 fully saturated rings. The lowest BCUT2D eigenvalue weighted by Crippen LogP contribution is -2.75. The van der Waals surface area contributed by atoms with Gasteiger partial charge in [-0.3, -0.25) is 9.69 Å². The van der Waals surface area contributed by atoms with Crippen molar-refractivity contribution < 1.29 is 9.53 Å². The van der Waals surface area contributed by atoms with Crippen molar-refractivity contribution in [1.82, 2.24) is 19.4 Å². The highest BCUT2D eigenvalue weighted by molar-refractivity contribution is 5.90. The summed E-state index contributed by atoms with van der Waals surface area (Å²) < 4.78 is 8.24. The molecule has 0 aromatic carbocycles. The van der Waals surface area contributed by atoms with Crippen LogP contribution in [0.25, 0.3) is 0 Å². The van der Waals surface area contributed by atoms with Gasteiger partial charge in [0.2, 0.25) is 0 Å². The molecule has 1 amide bonds. The highest BCUT2D eigenvalue weighted by Gasteiger charge is 2.56. The number of amides is 1. The molecule has 2 saturated carbocycles. The second kappa shape index (κ2) is 7.45. The molecule has 0 N–H and O–H groups in total. The van der Waals surface area contributed by atoms with Crippen LogP contribution >= 0.6 is 0 Å². The van der Waals surface area contributed by atoms with Gasteiger partial charge in [-0.05, 0) is 44.4 Å². The number of carbonyl (C=O) groups excluding carboxylic acids is 1. The van der Waals surface area contributed by atoms with Gasteiger partial charge >= 0.3 is 0 Å². The van der Waals surface area contributed by atoms with Gasteiger partial charge in [0, 0.05) is 57.3 Å². The molecule has 3 heterocycles. The summed E-state index contributed by atoms with van der Waals surface area (Å²) in [7, 11) is 1.89. The Kier molecular flexibility index (Phi) is 4.95. The minimum absolute atomic E-state index is 0.0765. The lowest BCUT2D eigenvalue weighted by atomic mass is 9.69. The van der Waals surface area contributed by atoms with Crippen molar-refractivity contribution in [2.45, 2.75) is 75.5 Å². The first-order valence-electron chi connectivity index (χ1n) is 11.3. The van der Waals surface area contributed by atoms with Gasteiger partial charge in [-0.15, -0.1) is 0 Å². The largest absolute Gasteiger partial charge is 0.375 e. The van der Waals surface area contributed by atoms with Crippen LogP contribution in [0.5, 0.6) is 0 Å². The van der Waals surface area contributed by atoms with E-state index in [-0.39, 0.29) is 5.91 Å². The zero-order chi connectivity index (χ0) is 19.1. The fourth-order valence-corrected chi connectivity index (χ4v) is 5.73. The Hall–Kier alpha value is -1.40. The van der Waals surface area contributed by atoms with Crippen LogP contribution in [0.2, 0.25) is 0 Å². The lowest BCUT2D eigenvalue weighted by Gasteiger charge is -2.63.